The minimum absolute atomic E-state index is 0.167. The van der Waals surface area contributed by atoms with Crippen LogP contribution in [0.15, 0.2) is 37.8 Å². The van der Waals surface area contributed by atoms with Crippen molar-refractivity contribution in [3.8, 4) is 0 Å². The summed E-state index contributed by atoms with van der Waals surface area (Å²) in [6.45, 7) is 8.12. The van der Waals surface area contributed by atoms with Crippen LogP contribution in [0.25, 0.3) is 0 Å². The molecule has 13 heavy (non-hydrogen) atoms. The number of nitrogens with zero attached hydrogens (tertiary/aromatic N) is 3. The van der Waals surface area contributed by atoms with Crippen molar-refractivity contribution >= 4 is 5.71 Å². The maximum atomic E-state index is 4.45. The number of azo groups is 1. The molecule has 2 aliphatic rings. The summed E-state index contributed by atoms with van der Waals surface area (Å²) in [5, 5.41) is 8.30. The van der Waals surface area contributed by atoms with Crippen LogP contribution < -0.4 is 0 Å². The molecule has 0 bridgehead atoms. The number of allylic oxidation sites excluding steroid dienone is 2. The molecule has 0 saturated heterocycles. The zero-order valence-corrected chi connectivity index (χ0v) is 8.42. The van der Waals surface area contributed by atoms with E-state index in [4.69, 9.17) is 0 Å². The van der Waals surface area contributed by atoms with Gasteiger partial charge in [0.1, 0.15) is 0 Å². The second-order valence-electron chi connectivity index (χ2n) is 3.55. The minimum atomic E-state index is 0.167. The second kappa shape index (κ2) is 2.62. The Kier molecular flexibility index (Phi) is 1.68. The molecule has 0 aromatic carbocycles. The molecular weight excluding hydrogens is 162 g/mol. The average molecular weight is 175 g/mol. The Labute approximate surface area is 78.0 Å². The molecule has 3 nitrogen and oxygen atoms in total. The Morgan fingerprint density at radius 1 is 1.08 bits per heavy atom. The first-order valence-electron chi connectivity index (χ1n) is 4.50. The molecule has 68 valence electrons. The fourth-order valence-electron chi connectivity index (χ4n) is 1.99. The first-order valence-corrected chi connectivity index (χ1v) is 4.50. The molecule has 0 spiro atoms. The van der Waals surface area contributed by atoms with Gasteiger partial charge in [-0.1, -0.05) is 0 Å². The lowest BCUT2D eigenvalue weighted by molar-refractivity contribution is 0.768. The SMILES string of the molecule is CC1=NC(C)=C2C1=C(C)N=NC2C. The standard InChI is InChI=1S/C10H13N3/c1-5-9-7(3)12-13-8(4)10(9)6(2)11-5/h7H,1-4H3. The van der Waals surface area contributed by atoms with Crippen molar-refractivity contribution < 1.29 is 0 Å². The molecule has 0 aromatic heterocycles. The molecule has 0 aromatic rings. The van der Waals surface area contributed by atoms with Crippen LogP contribution in [0.2, 0.25) is 0 Å². The lowest BCUT2D eigenvalue weighted by Gasteiger charge is -2.16. The van der Waals surface area contributed by atoms with Crippen molar-refractivity contribution in [3.05, 3.63) is 22.5 Å². The Balaban J connectivity index is 2.63. The zero-order valence-electron chi connectivity index (χ0n) is 8.42. The van der Waals surface area contributed by atoms with Crippen molar-refractivity contribution in [2.24, 2.45) is 15.2 Å². The molecule has 0 amide bonds. The van der Waals surface area contributed by atoms with Gasteiger partial charge in [0.15, 0.2) is 0 Å². The monoisotopic (exact) mass is 175 g/mol. The predicted molar refractivity (Wildman–Crippen MR) is 52.8 cm³/mol. The van der Waals surface area contributed by atoms with Crippen LogP contribution in [0.5, 0.6) is 0 Å². The number of aliphatic imine (C=N–C) groups is 1. The summed E-state index contributed by atoms with van der Waals surface area (Å²) in [4.78, 5) is 4.45. The highest BCUT2D eigenvalue weighted by molar-refractivity contribution is 6.06. The van der Waals surface area contributed by atoms with Crippen LogP contribution in [0.4, 0.5) is 0 Å². The van der Waals surface area contributed by atoms with Crippen molar-refractivity contribution in [3.63, 3.8) is 0 Å². The topological polar surface area (TPSA) is 37.1 Å². The fourth-order valence-corrected chi connectivity index (χ4v) is 1.99. The maximum Gasteiger partial charge on any atom is 0.0958 e. The molecular formula is C10H13N3. The van der Waals surface area contributed by atoms with E-state index in [2.05, 4.69) is 22.1 Å². The number of fused-ring (bicyclic) bond motifs is 1. The molecule has 1 unspecified atom stereocenters. The van der Waals surface area contributed by atoms with E-state index in [9.17, 15) is 0 Å². The van der Waals surface area contributed by atoms with E-state index >= 15 is 0 Å². The quantitative estimate of drug-likeness (QED) is 0.543. The summed E-state index contributed by atoms with van der Waals surface area (Å²) < 4.78 is 0. The smallest absolute Gasteiger partial charge is 0.0958 e. The number of hydrogen-bond acceptors (Lipinski definition) is 3. The van der Waals surface area contributed by atoms with Gasteiger partial charge in [-0.15, -0.1) is 0 Å². The average Bonchev–Trinajstić information content (AvgIpc) is 2.36. The molecule has 2 rings (SSSR count). The highest BCUT2D eigenvalue weighted by Crippen LogP contribution is 2.34. The van der Waals surface area contributed by atoms with Gasteiger partial charge >= 0.3 is 0 Å². The largest absolute Gasteiger partial charge is 0.257 e. The van der Waals surface area contributed by atoms with Gasteiger partial charge in [-0.2, -0.15) is 10.2 Å². The third-order valence-electron chi connectivity index (χ3n) is 2.52. The predicted octanol–water partition coefficient (Wildman–Crippen LogP) is 2.86. The summed E-state index contributed by atoms with van der Waals surface area (Å²) in [7, 11) is 0. The van der Waals surface area contributed by atoms with E-state index < -0.39 is 0 Å². The summed E-state index contributed by atoms with van der Waals surface area (Å²) in [5.41, 5.74) is 5.63. The highest BCUT2D eigenvalue weighted by Gasteiger charge is 2.27. The number of rotatable bonds is 0. The Morgan fingerprint density at radius 3 is 2.38 bits per heavy atom. The third kappa shape index (κ3) is 1.07. The normalized spacial score (nSPS) is 26.8. The van der Waals surface area contributed by atoms with Gasteiger partial charge in [-0.3, -0.25) is 4.99 Å². The van der Waals surface area contributed by atoms with Crippen LogP contribution in [-0.2, 0) is 0 Å². The van der Waals surface area contributed by atoms with Gasteiger partial charge in [-0.25, -0.2) is 0 Å². The van der Waals surface area contributed by atoms with E-state index in [-0.39, 0.29) is 6.04 Å². The van der Waals surface area contributed by atoms with E-state index in [1.54, 1.807) is 0 Å². The molecule has 1 atom stereocenters. The zero-order chi connectivity index (χ0) is 9.59. The highest BCUT2D eigenvalue weighted by atomic mass is 15.1. The van der Waals surface area contributed by atoms with Gasteiger partial charge in [-0.05, 0) is 27.7 Å². The second-order valence-corrected chi connectivity index (χ2v) is 3.55. The Bertz CT molecular complexity index is 383. The molecule has 0 radical (unpaired) electrons. The molecule has 0 saturated carbocycles. The van der Waals surface area contributed by atoms with Crippen molar-refractivity contribution in [2.75, 3.05) is 0 Å². The van der Waals surface area contributed by atoms with E-state index in [1.807, 2.05) is 20.8 Å². The Hall–Kier alpha value is -1.25. The first-order chi connectivity index (χ1) is 6.11. The maximum absolute atomic E-state index is 4.45. The molecule has 2 aliphatic heterocycles. The summed E-state index contributed by atoms with van der Waals surface area (Å²) in [5.74, 6) is 0. The van der Waals surface area contributed by atoms with Gasteiger partial charge in [0, 0.05) is 22.6 Å². The lowest BCUT2D eigenvalue weighted by atomic mass is 9.95. The van der Waals surface area contributed by atoms with E-state index in [0.29, 0.717) is 0 Å². The van der Waals surface area contributed by atoms with Crippen LogP contribution in [0, 0.1) is 0 Å². The minimum Gasteiger partial charge on any atom is -0.257 e. The molecule has 0 N–H and O–H groups in total. The van der Waals surface area contributed by atoms with Crippen molar-refractivity contribution in [1.82, 2.24) is 0 Å². The Morgan fingerprint density at radius 2 is 1.77 bits per heavy atom. The van der Waals surface area contributed by atoms with E-state index in [0.717, 1.165) is 17.1 Å². The molecule has 3 heteroatoms. The third-order valence-corrected chi connectivity index (χ3v) is 2.52. The lowest BCUT2D eigenvalue weighted by Crippen LogP contribution is -2.12. The first kappa shape index (κ1) is 8.35. The van der Waals surface area contributed by atoms with Crippen LogP contribution >= 0.6 is 0 Å². The van der Waals surface area contributed by atoms with Crippen LogP contribution in [0.1, 0.15) is 27.7 Å². The van der Waals surface area contributed by atoms with Gasteiger partial charge in [0.05, 0.1) is 11.7 Å². The van der Waals surface area contributed by atoms with Crippen molar-refractivity contribution in [1.29, 1.82) is 0 Å². The van der Waals surface area contributed by atoms with Crippen LogP contribution in [0.3, 0.4) is 0 Å². The molecule has 0 fully saturated rings. The fraction of sp³-hybridized carbons (Fsp3) is 0.500. The van der Waals surface area contributed by atoms with Gasteiger partial charge in [0.25, 0.3) is 0 Å². The number of hydrogen-bond donors (Lipinski definition) is 0. The molecule has 2 heterocycles. The van der Waals surface area contributed by atoms with Gasteiger partial charge in [0.2, 0.25) is 0 Å². The summed E-state index contributed by atoms with van der Waals surface area (Å²) >= 11 is 0. The van der Waals surface area contributed by atoms with Crippen LogP contribution in [-0.4, -0.2) is 11.8 Å². The van der Waals surface area contributed by atoms with Crippen molar-refractivity contribution in [2.45, 2.75) is 33.7 Å². The summed E-state index contributed by atoms with van der Waals surface area (Å²) in [6, 6.07) is 0.167. The van der Waals surface area contributed by atoms with E-state index in [1.165, 1.54) is 11.1 Å². The van der Waals surface area contributed by atoms with Gasteiger partial charge < -0.3 is 0 Å². The summed E-state index contributed by atoms with van der Waals surface area (Å²) in [6.07, 6.45) is 0. The molecule has 0 aliphatic carbocycles.